The first kappa shape index (κ1) is 20.6. The molecule has 140 valence electrons. The second kappa shape index (κ2) is 8.78. The van der Waals surface area contributed by atoms with Crippen molar-refractivity contribution in [1.82, 2.24) is 4.90 Å². The molecule has 4 nitrogen and oxygen atoms in total. The first-order valence-electron chi connectivity index (χ1n) is 8.61. The van der Waals surface area contributed by atoms with E-state index in [1.54, 1.807) is 11.8 Å². The third-order valence-corrected chi connectivity index (χ3v) is 5.61. The molecule has 0 atom stereocenters. The van der Waals surface area contributed by atoms with Gasteiger partial charge in [0.25, 0.3) is 0 Å². The van der Waals surface area contributed by atoms with Crippen molar-refractivity contribution in [3.8, 4) is 0 Å². The summed E-state index contributed by atoms with van der Waals surface area (Å²) in [6.07, 6.45) is 1.67. The molecule has 1 aliphatic rings. The van der Waals surface area contributed by atoms with Crippen molar-refractivity contribution in [1.29, 1.82) is 0 Å². The Kier molecular flexibility index (Phi) is 7.23. The molecule has 0 aliphatic carbocycles. The van der Waals surface area contributed by atoms with E-state index in [1.165, 1.54) is 4.90 Å². The lowest BCUT2D eigenvalue weighted by Crippen LogP contribution is -2.45. The lowest BCUT2D eigenvalue weighted by molar-refractivity contribution is -0.00303. The van der Waals surface area contributed by atoms with Gasteiger partial charge in [0.1, 0.15) is 5.60 Å². The Bertz CT molecular complexity index is 563. The molecule has 1 aromatic carbocycles. The van der Waals surface area contributed by atoms with Gasteiger partial charge in [0.2, 0.25) is 0 Å². The fraction of sp³-hybridized carbons (Fsp3) is 0.632. The van der Waals surface area contributed by atoms with Crippen LogP contribution < -0.4 is 0 Å². The van der Waals surface area contributed by atoms with Gasteiger partial charge < -0.3 is 14.4 Å². The molecular formula is C19H28BrNO3S. The van der Waals surface area contributed by atoms with Crippen LogP contribution in [0.4, 0.5) is 4.79 Å². The fourth-order valence-electron chi connectivity index (χ4n) is 2.63. The zero-order valence-electron chi connectivity index (χ0n) is 15.5. The van der Waals surface area contributed by atoms with E-state index in [2.05, 4.69) is 35.0 Å². The molecule has 2 rings (SSSR count). The number of amides is 1. The summed E-state index contributed by atoms with van der Waals surface area (Å²) in [6, 6.07) is 8.24. The van der Waals surface area contributed by atoms with Crippen LogP contribution in [-0.2, 0) is 9.47 Å². The number of rotatable bonds is 5. The maximum absolute atomic E-state index is 12.1. The number of carbonyl (C=O) groups is 1. The molecule has 1 heterocycles. The molecular weight excluding hydrogens is 402 g/mol. The number of likely N-dealkylation sites (tertiary alicyclic amines) is 1. The number of nitrogens with zero attached hydrogens (tertiary/aromatic N) is 1. The largest absolute Gasteiger partial charge is 0.444 e. The Labute approximate surface area is 163 Å². The van der Waals surface area contributed by atoms with Crippen LogP contribution in [0.5, 0.6) is 0 Å². The highest BCUT2D eigenvalue weighted by molar-refractivity contribution is 9.10. The minimum Gasteiger partial charge on any atom is -0.444 e. The standard InChI is InChI=1S/C19H28BrNO3S/c1-18(2,3)24-17(22)21-11-9-19(4,10-12-21)13-23-14-25-16-7-5-15(20)6-8-16/h5-8H,9-14H2,1-4H3. The van der Waals surface area contributed by atoms with Crippen LogP contribution in [0.25, 0.3) is 0 Å². The van der Waals surface area contributed by atoms with E-state index in [4.69, 9.17) is 9.47 Å². The van der Waals surface area contributed by atoms with Crippen LogP contribution in [-0.4, -0.2) is 42.2 Å². The van der Waals surface area contributed by atoms with Crippen LogP contribution in [0.1, 0.15) is 40.5 Å². The van der Waals surface area contributed by atoms with Crippen LogP contribution in [0.3, 0.4) is 0 Å². The van der Waals surface area contributed by atoms with Gasteiger partial charge in [-0.1, -0.05) is 34.6 Å². The highest BCUT2D eigenvalue weighted by Crippen LogP contribution is 2.32. The van der Waals surface area contributed by atoms with Crippen LogP contribution in [0.15, 0.2) is 33.6 Å². The zero-order valence-corrected chi connectivity index (χ0v) is 17.9. The van der Waals surface area contributed by atoms with E-state index in [1.807, 2.05) is 37.8 Å². The molecule has 6 heteroatoms. The summed E-state index contributed by atoms with van der Waals surface area (Å²) in [5, 5.41) is 0. The molecule has 0 aromatic heterocycles. The molecule has 0 bridgehead atoms. The minimum absolute atomic E-state index is 0.124. The van der Waals surface area contributed by atoms with Crippen molar-refractivity contribution < 1.29 is 14.3 Å². The van der Waals surface area contributed by atoms with Crippen LogP contribution in [0.2, 0.25) is 0 Å². The lowest BCUT2D eigenvalue weighted by atomic mass is 9.81. The van der Waals surface area contributed by atoms with Crippen molar-refractivity contribution in [2.45, 2.75) is 51.0 Å². The fourth-order valence-corrected chi connectivity index (χ4v) is 3.52. The summed E-state index contributed by atoms with van der Waals surface area (Å²) in [5.74, 6) is 0.646. The van der Waals surface area contributed by atoms with E-state index in [0.29, 0.717) is 5.94 Å². The van der Waals surface area contributed by atoms with E-state index < -0.39 is 5.60 Å². The number of hydrogen-bond donors (Lipinski definition) is 0. The number of hydrogen-bond acceptors (Lipinski definition) is 4. The van der Waals surface area contributed by atoms with Gasteiger partial charge in [-0.2, -0.15) is 0 Å². The molecule has 1 aromatic rings. The second-order valence-corrected chi connectivity index (χ2v) is 9.75. The van der Waals surface area contributed by atoms with Crippen molar-refractivity contribution >= 4 is 33.8 Å². The van der Waals surface area contributed by atoms with Gasteiger partial charge in [-0.3, -0.25) is 0 Å². The quantitative estimate of drug-likeness (QED) is 0.349. The Morgan fingerprint density at radius 1 is 1.24 bits per heavy atom. The summed E-state index contributed by atoms with van der Waals surface area (Å²) in [6.45, 7) is 10.1. The summed E-state index contributed by atoms with van der Waals surface area (Å²) in [7, 11) is 0. The second-order valence-electron chi connectivity index (χ2n) is 7.84. The topological polar surface area (TPSA) is 38.8 Å². The van der Waals surface area contributed by atoms with Gasteiger partial charge in [0, 0.05) is 22.5 Å². The molecule has 1 amide bonds. The summed E-state index contributed by atoms with van der Waals surface area (Å²) < 4.78 is 12.4. The van der Waals surface area contributed by atoms with Crippen LogP contribution in [0, 0.1) is 5.41 Å². The Morgan fingerprint density at radius 3 is 2.40 bits per heavy atom. The van der Waals surface area contributed by atoms with Crippen LogP contribution >= 0.6 is 27.7 Å². The third-order valence-electron chi connectivity index (χ3n) is 4.20. The summed E-state index contributed by atoms with van der Waals surface area (Å²) >= 11 is 5.14. The average molecular weight is 430 g/mol. The van der Waals surface area contributed by atoms with E-state index >= 15 is 0 Å². The Balaban J connectivity index is 1.69. The molecule has 0 unspecified atom stereocenters. The van der Waals surface area contributed by atoms with Gasteiger partial charge in [0.15, 0.2) is 0 Å². The van der Waals surface area contributed by atoms with E-state index in [9.17, 15) is 4.79 Å². The monoisotopic (exact) mass is 429 g/mol. The molecule has 0 saturated carbocycles. The number of ether oxygens (including phenoxy) is 2. The summed E-state index contributed by atoms with van der Waals surface area (Å²) in [5.41, 5.74) is -0.315. The van der Waals surface area contributed by atoms with Crippen molar-refractivity contribution in [2.75, 3.05) is 25.6 Å². The first-order valence-corrected chi connectivity index (χ1v) is 10.4. The SMILES string of the molecule is CC1(COCSc2ccc(Br)cc2)CCN(C(=O)OC(C)(C)C)CC1. The van der Waals surface area contributed by atoms with E-state index in [0.717, 1.165) is 37.0 Å². The normalized spacial score (nSPS) is 17.4. The average Bonchev–Trinajstić information content (AvgIpc) is 2.52. The maximum Gasteiger partial charge on any atom is 0.410 e. The summed E-state index contributed by atoms with van der Waals surface area (Å²) in [4.78, 5) is 15.1. The highest BCUT2D eigenvalue weighted by atomic mass is 79.9. The molecule has 25 heavy (non-hydrogen) atoms. The Hall–Kier alpha value is -0.720. The lowest BCUT2D eigenvalue weighted by Gasteiger charge is -2.39. The van der Waals surface area contributed by atoms with Crippen molar-refractivity contribution in [3.05, 3.63) is 28.7 Å². The molecule has 0 N–H and O–H groups in total. The molecule has 1 aliphatic heterocycles. The van der Waals surface area contributed by atoms with Gasteiger partial charge in [-0.15, -0.1) is 0 Å². The first-order chi connectivity index (χ1) is 11.7. The van der Waals surface area contributed by atoms with Gasteiger partial charge in [-0.05, 0) is 63.3 Å². The number of thioether (sulfide) groups is 1. The predicted octanol–water partition coefficient (Wildman–Crippen LogP) is 5.55. The molecule has 0 spiro atoms. The molecule has 0 radical (unpaired) electrons. The highest BCUT2D eigenvalue weighted by Gasteiger charge is 2.33. The number of halogens is 1. The minimum atomic E-state index is -0.439. The van der Waals surface area contributed by atoms with E-state index in [-0.39, 0.29) is 11.5 Å². The Morgan fingerprint density at radius 2 is 1.84 bits per heavy atom. The predicted molar refractivity (Wildman–Crippen MR) is 106 cm³/mol. The third kappa shape index (κ3) is 7.19. The maximum atomic E-state index is 12.1. The smallest absolute Gasteiger partial charge is 0.410 e. The number of benzene rings is 1. The van der Waals surface area contributed by atoms with Crippen molar-refractivity contribution in [2.24, 2.45) is 5.41 Å². The van der Waals surface area contributed by atoms with Gasteiger partial charge in [0.05, 0.1) is 12.5 Å². The zero-order chi connectivity index (χ0) is 18.5. The molecule has 1 saturated heterocycles. The van der Waals surface area contributed by atoms with Gasteiger partial charge in [-0.25, -0.2) is 4.79 Å². The number of piperidine rings is 1. The molecule has 1 fully saturated rings. The van der Waals surface area contributed by atoms with Crippen molar-refractivity contribution in [3.63, 3.8) is 0 Å². The van der Waals surface area contributed by atoms with Gasteiger partial charge >= 0.3 is 6.09 Å². The number of carbonyl (C=O) groups excluding carboxylic acids is 1.